The SMILES string of the molecule is C=CC(SC(N)=S)C(=O)O.[NaH].[NaH]. The molecular formula is C5H9NNa2O2S2. The van der Waals surface area contributed by atoms with Crippen LogP contribution in [0.2, 0.25) is 0 Å². The molecule has 0 aliphatic rings. The average molecular weight is 225 g/mol. The van der Waals surface area contributed by atoms with Gasteiger partial charge < -0.3 is 10.8 Å². The zero-order chi connectivity index (χ0) is 8.15. The first-order valence-electron chi connectivity index (χ1n) is 2.39. The van der Waals surface area contributed by atoms with E-state index >= 15 is 0 Å². The van der Waals surface area contributed by atoms with Gasteiger partial charge in [0.25, 0.3) is 0 Å². The monoisotopic (exact) mass is 225 g/mol. The molecule has 0 fully saturated rings. The third-order valence-electron chi connectivity index (χ3n) is 0.701. The molecule has 0 rings (SSSR count). The summed E-state index contributed by atoms with van der Waals surface area (Å²) in [4.78, 5) is 10.3. The number of rotatable bonds is 3. The Morgan fingerprint density at radius 1 is 1.67 bits per heavy atom. The standard InChI is InChI=1S/C5H7NO2S2.2Na.2H/c1-2-3(4(7)8)10-5(6)9;;;;/h2-3H,1H2,(H2,6,9)(H,7,8);;;;. The molecule has 0 amide bonds. The Kier molecular flexibility index (Phi) is 16.8. The minimum absolute atomic E-state index is 0. The Morgan fingerprint density at radius 3 is 2.17 bits per heavy atom. The molecule has 7 heteroatoms. The molecule has 0 heterocycles. The molecule has 0 aliphatic carbocycles. The normalized spacial score (nSPS) is 10.0. The summed E-state index contributed by atoms with van der Waals surface area (Å²) in [6.45, 7) is 3.32. The fraction of sp³-hybridized carbons (Fsp3) is 0.200. The van der Waals surface area contributed by atoms with Crippen LogP contribution in [0.4, 0.5) is 0 Å². The van der Waals surface area contributed by atoms with Crippen molar-refractivity contribution < 1.29 is 9.90 Å². The predicted molar refractivity (Wildman–Crippen MR) is 60.3 cm³/mol. The molecule has 0 aromatic heterocycles. The fourth-order valence-electron chi connectivity index (χ4n) is 0.324. The van der Waals surface area contributed by atoms with Gasteiger partial charge in [-0.25, -0.2) is 0 Å². The summed E-state index contributed by atoms with van der Waals surface area (Å²) >= 11 is 5.39. The first-order valence-corrected chi connectivity index (χ1v) is 3.68. The van der Waals surface area contributed by atoms with Gasteiger partial charge in [-0.1, -0.05) is 30.1 Å². The molecule has 12 heavy (non-hydrogen) atoms. The number of aliphatic carboxylic acids is 1. The third kappa shape index (κ3) is 9.54. The summed E-state index contributed by atoms with van der Waals surface area (Å²) in [6.07, 6.45) is 1.28. The number of hydrogen-bond acceptors (Lipinski definition) is 3. The van der Waals surface area contributed by atoms with E-state index in [0.717, 1.165) is 11.8 Å². The summed E-state index contributed by atoms with van der Waals surface area (Å²) in [6, 6.07) is 0. The van der Waals surface area contributed by atoms with Crippen LogP contribution in [-0.2, 0) is 4.79 Å². The molecule has 0 spiro atoms. The van der Waals surface area contributed by atoms with Gasteiger partial charge in [-0.15, -0.1) is 6.58 Å². The number of hydrogen-bond donors (Lipinski definition) is 2. The maximum atomic E-state index is 10.3. The molecule has 1 unspecified atom stereocenters. The quantitative estimate of drug-likeness (QED) is 0.378. The average Bonchev–Trinajstić information content (AvgIpc) is 1.81. The predicted octanol–water partition coefficient (Wildman–Crippen LogP) is -0.695. The van der Waals surface area contributed by atoms with Crippen LogP contribution in [-0.4, -0.2) is 79.8 Å². The molecule has 3 N–H and O–H groups in total. The topological polar surface area (TPSA) is 63.3 Å². The molecule has 0 aliphatic heterocycles. The van der Waals surface area contributed by atoms with Gasteiger partial charge in [0.05, 0.1) is 0 Å². The number of nitrogens with two attached hydrogens (primary N) is 1. The Bertz CT molecular complexity index is 177. The van der Waals surface area contributed by atoms with Gasteiger partial charge in [0, 0.05) is 0 Å². The van der Waals surface area contributed by atoms with Crippen molar-refractivity contribution >= 4 is 93.4 Å². The van der Waals surface area contributed by atoms with Crippen LogP contribution in [0.15, 0.2) is 12.7 Å². The van der Waals surface area contributed by atoms with Crippen LogP contribution in [0.25, 0.3) is 0 Å². The van der Waals surface area contributed by atoms with Crippen molar-refractivity contribution in [1.82, 2.24) is 0 Å². The van der Waals surface area contributed by atoms with Gasteiger partial charge in [0.1, 0.15) is 9.57 Å². The Balaban J connectivity index is -0.000000405. The Morgan fingerprint density at radius 2 is 2.08 bits per heavy atom. The van der Waals surface area contributed by atoms with Crippen molar-refractivity contribution in [2.24, 2.45) is 5.73 Å². The van der Waals surface area contributed by atoms with E-state index in [2.05, 4.69) is 18.8 Å². The summed E-state index contributed by atoms with van der Waals surface area (Å²) in [5, 5.41) is 7.69. The van der Waals surface area contributed by atoms with Crippen molar-refractivity contribution in [2.45, 2.75) is 5.25 Å². The van der Waals surface area contributed by atoms with E-state index in [1.54, 1.807) is 0 Å². The number of carboxylic acid groups (broad SMARTS) is 1. The van der Waals surface area contributed by atoms with Crippen LogP contribution in [0, 0.1) is 0 Å². The van der Waals surface area contributed by atoms with Crippen molar-refractivity contribution in [2.75, 3.05) is 0 Å². The van der Waals surface area contributed by atoms with Crippen LogP contribution >= 0.6 is 24.0 Å². The summed E-state index contributed by atoms with van der Waals surface area (Å²) in [5.74, 6) is -0.979. The van der Waals surface area contributed by atoms with Crippen LogP contribution in [0.3, 0.4) is 0 Å². The van der Waals surface area contributed by atoms with Gasteiger partial charge in [0.15, 0.2) is 0 Å². The zero-order valence-corrected chi connectivity index (χ0v) is 6.74. The van der Waals surface area contributed by atoms with Gasteiger partial charge in [0.2, 0.25) is 0 Å². The molecule has 0 aromatic carbocycles. The Labute approximate surface area is 125 Å². The van der Waals surface area contributed by atoms with Crippen LogP contribution in [0.1, 0.15) is 0 Å². The fourth-order valence-corrected chi connectivity index (χ4v) is 1.08. The third-order valence-corrected chi connectivity index (χ3v) is 1.87. The second-order valence-electron chi connectivity index (χ2n) is 1.43. The molecular weight excluding hydrogens is 216 g/mol. The van der Waals surface area contributed by atoms with Gasteiger partial charge in [-0.2, -0.15) is 0 Å². The zero-order valence-electron chi connectivity index (χ0n) is 5.11. The van der Waals surface area contributed by atoms with Gasteiger partial charge >= 0.3 is 65.1 Å². The number of thiocarbonyl (C=S) groups is 1. The van der Waals surface area contributed by atoms with Crippen LogP contribution < -0.4 is 5.73 Å². The minimum atomic E-state index is -0.979. The van der Waals surface area contributed by atoms with E-state index < -0.39 is 11.2 Å². The molecule has 60 valence electrons. The van der Waals surface area contributed by atoms with Crippen molar-refractivity contribution in [3.8, 4) is 0 Å². The summed E-state index contributed by atoms with van der Waals surface area (Å²) in [5.41, 5.74) is 5.09. The van der Waals surface area contributed by atoms with Crippen molar-refractivity contribution in [1.29, 1.82) is 0 Å². The van der Waals surface area contributed by atoms with Crippen molar-refractivity contribution in [3.05, 3.63) is 12.7 Å². The van der Waals surface area contributed by atoms with Gasteiger partial charge in [-0.05, 0) is 0 Å². The molecule has 0 aromatic rings. The van der Waals surface area contributed by atoms with Crippen molar-refractivity contribution in [3.63, 3.8) is 0 Å². The van der Waals surface area contributed by atoms with E-state index in [0.29, 0.717) is 0 Å². The Hall–Kier alpha value is 1.45. The maximum absolute atomic E-state index is 10.3. The van der Waals surface area contributed by atoms with E-state index in [4.69, 9.17) is 10.8 Å². The first-order chi connectivity index (χ1) is 4.57. The second kappa shape index (κ2) is 10.5. The second-order valence-corrected chi connectivity index (χ2v) is 3.31. The molecule has 3 nitrogen and oxygen atoms in total. The summed E-state index contributed by atoms with van der Waals surface area (Å²) < 4.78 is 0.118. The first kappa shape index (κ1) is 19.1. The molecule has 0 bridgehead atoms. The van der Waals surface area contributed by atoms with E-state index in [1.807, 2.05) is 0 Å². The van der Waals surface area contributed by atoms with Gasteiger partial charge in [-0.3, -0.25) is 4.79 Å². The molecule has 0 saturated heterocycles. The number of carboxylic acids is 1. The number of thioether (sulfide) groups is 1. The molecule has 1 atom stereocenters. The van der Waals surface area contributed by atoms with Crippen LogP contribution in [0.5, 0.6) is 0 Å². The van der Waals surface area contributed by atoms with E-state index in [1.165, 1.54) is 6.08 Å². The summed E-state index contributed by atoms with van der Waals surface area (Å²) in [7, 11) is 0. The molecule has 0 saturated carbocycles. The van der Waals surface area contributed by atoms with E-state index in [9.17, 15) is 4.79 Å². The molecule has 0 radical (unpaired) electrons. The van der Waals surface area contributed by atoms with E-state index in [-0.39, 0.29) is 63.4 Å². The number of carbonyl (C=O) groups is 1.